The first kappa shape index (κ1) is 17.1. The van der Waals surface area contributed by atoms with Crippen molar-refractivity contribution in [2.45, 2.75) is 44.8 Å². The molecule has 0 N–H and O–H groups in total. The Morgan fingerprint density at radius 1 is 1.15 bits per heavy atom. The number of likely N-dealkylation sites (N-methyl/N-ethyl adjacent to an activating group) is 1. The summed E-state index contributed by atoms with van der Waals surface area (Å²) in [4.78, 5) is 30.8. The average molecular weight is 355 g/mol. The van der Waals surface area contributed by atoms with E-state index in [-0.39, 0.29) is 18.0 Å². The zero-order valence-electron chi connectivity index (χ0n) is 15.6. The molecular formula is C20H25N3O3. The lowest BCUT2D eigenvalue weighted by Gasteiger charge is -2.40. The molecule has 0 atom stereocenters. The smallest absolute Gasteiger partial charge is 0.327 e. The van der Waals surface area contributed by atoms with E-state index in [0.29, 0.717) is 12.8 Å². The van der Waals surface area contributed by atoms with Crippen LogP contribution >= 0.6 is 0 Å². The van der Waals surface area contributed by atoms with Gasteiger partial charge in [-0.2, -0.15) is 0 Å². The van der Waals surface area contributed by atoms with Gasteiger partial charge in [0.05, 0.1) is 6.54 Å². The molecule has 3 heterocycles. The van der Waals surface area contributed by atoms with Gasteiger partial charge in [-0.25, -0.2) is 4.79 Å². The van der Waals surface area contributed by atoms with Crippen molar-refractivity contribution in [1.29, 1.82) is 0 Å². The maximum atomic E-state index is 13.0. The van der Waals surface area contributed by atoms with E-state index in [1.54, 1.807) is 11.9 Å². The number of carbonyl (C=O) groups is 2. The lowest BCUT2D eigenvalue weighted by Crippen LogP contribution is -2.55. The monoisotopic (exact) mass is 355 g/mol. The first-order valence-corrected chi connectivity index (χ1v) is 9.24. The third-order valence-electron chi connectivity index (χ3n) is 5.81. The number of rotatable bonds is 3. The minimum absolute atomic E-state index is 0.0385. The molecule has 0 radical (unpaired) electrons. The highest BCUT2D eigenvalue weighted by Crippen LogP contribution is 2.37. The number of amides is 3. The largest absolute Gasteiger partial charge is 0.460 e. The van der Waals surface area contributed by atoms with Crippen LogP contribution in [0, 0.1) is 0 Å². The normalized spacial score (nSPS) is 20.9. The van der Waals surface area contributed by atoms with Crippen LogP contribution in [0.4, 0.5) is 4.79 Å². The fourth-order valence-electron chi connectivity index (χ4n) is 4.22. The van der Waals surface area contributed by atoms with E-state index >= 15 is 0 Å². The van der Waals surface area contributed by atoms with Crippen LogP contribution in [0.2, 0.25) is 0 Å². The highest BCUT2D eigenvalue weighted by Gasteiger charge is 2.56. The van der Waals surface area contributed by atoms with Crippen LogP contribution in [0.1, 0.15) is 32.4 Å². The third kappa shape index (κ3) is 2.51. The van der Waals surface area contributed by atoms with E-state index in [9.17, 15) is 9.59 Å². The SMILES string of the molecule is CC(C)N1C(=O)N(C)C2(CCN(Cc3cc4ccccc4o3)CC2)C1=O. The van der Waals surface area contributed by atoms with Crippen LogP contribution in [-0.2, 0) is 11.3 Å². The number of fused-ring (bicyclic) bond motifs is 1. The topological polar surface area (TPSA) is 57.0 Å². The summed E-state index contributed by atoms with van der Waals surface area (Å²) in [7, 11) is 1.76. The van der Waals surface area contributed by atoms with Gasteiger partial charge in [0.2, 0.25) is 0 Å². The molecule has 6 heteroatoms. The molecule has 1 spiro atoms. The summed E-state index contributed by atoms with van der Waals surface area (Å²) in [5.41, 5.74) is 0.228. The molecule has 0 saturated carbocycles. The summed E-state index contributed by atoms with van der Waals surface area (Å²) in [5.74, 6) is 0.900. The van der Waals surface area contributed by atoms with Crippen LogP contribution in [0.3, 0.4) is 0 Å². The molecule has 2 saturated heterocycles. The molecular weight excluding hydrogens is 330 g/mol. The number of benzene rings is 1. The zero-order chi connectivity index (χ0) is 18.5. The van der Waals surface area contributed by atoms with Gasteiger partial charge in [-0.15, -0.1) is 0 Å². The first-order valence-electron chi connectivity index (χ1n) is 9.24. The maximum Gasteiger partial charge on any atom is 0.327 e. The summed E-state index contributed by atoms with van der Waals surface area (Å²) in [6.45, 7) is 6.04. The third-order valence-corrected chi connectivity index (χ3v) is 5.81. The molecule has 2 aromatic rings. The fourth-order valence-corrected chi connectivity index (χ4v) is 4.22. The summed E-state index contributed by atoms with van der Waals surface area (Å²) in [6, 6.07) is 9.80. The maximum absolute atomic E-state index is 13.0. The van der Waals surface area contributed by atoms with Gasteiger partial charge in [0.1, 0.15) is 16.9 Å². The number of carbonyl (C=O) groups excluding carboxylic acids is 2. The fraction of sp³-hybridized carbons (Fsp3) is 0.500. The van der Waals surface area contributed by atoms with Crippen molar-refractivity contribution in [1.82, 2.24) is 14.7 Å². The van der Waals surface area contributed by atoms with Gasteiger partial charge in [-0.1, -0.05) is 18.2 Å². The number of likely N-dealkylation sites (tertiary alicyclic amines) is 1. The highest BCUT2D eigenvalue weighted by molar-refractivity contribution is 6.07. The molecule has 4 rings (SSSR count). The summed E-state index contributed by atoms with van der Waals surface area (Å²) in [6.07, 6.45) is 1.33. The molecule has 138 valence electrons. The molecule has 2 fully saturated rings. The van der Waals surface area contributed by atoms with Crippen molar-refractivity contribution in [3.05, 3.63) is 36.1 Å². The highest BCUT2D eigenvalue weighted by atomic mass is 16.3. The second-order valence-corrected chi connectivity index (χ2v) is 7.67. The van der Waals surface area contributed by atoms with Crippen molar-refractivity contribution in [2.75, 3.05) is 20.1 Å². The standard InChI is InChI=1S/C20H25N3O3/c1-14(2)23-18(24)20(21(3)19(23)25)8-10-22(11-9-20)13-16-12-15-6-4-5-7-17(15)26-16/h4-7,12,14H,8-11,13H2,1-3H3. The molecule has 26 heavy (non-hydrogen) atoms. The molecule has 0 unspecified atom stereocenters. The van der Waals surface area contributed by atoms with Gasteiger partial charge in [0, 0.05) is 31.6 Å². The lowest BCUT2D eigenvalue weighted by molar-refractivity contribution is -0.136. The van der Waals surface area contributed by atoms with Gasteiger partial charge >= 0.3 is 6.03 Å². The van der Waals surface area contributed by atoms with Crippen LogP contribution < -0.4 is 0 Å². The molecule has 3 amide bonds. The minimum atomic E-state index is -0.675. The van der Waals surface area contributed by atoms with Gasteiger partial charge in [-0.05, 0) is 38.8 Å². The molecule has 2 aliphatic heterocycles. The van der Waals surface area contributed by atoms with Crippen molar-refractivity contribution in [3.63, 3.8) is 0 Å². The number of piperidine rings is 1. The van der Waals surface area contributed by atoms with E-state index in [0.717, 1.165) is 36.4 Å². The Hall–Kier alpha value is -2.34. The van der Waals surface area contributed by atoms with Gasteiger partial charge < -0.3 is 9.32 Å². The Kier molecular flexibility index (Phi) is 4.03. The summed E-state index contributed by atoms with van der Waals surface area (Å²) < 4.78 is 5.91. The second kappa shape index (κ2) is 6.13. The first-order chi connectivity index (χ1) is 12.4. The van der Waals surface area contributed by atoms with Gasteiger partial charge in [-0.3, -0.25) is 14.6 Å². The quantitative estimate of drug-likeness (QED) is 0.794. The van der Waals surface area contributed by atoms with E-state index in [1.807, 2.05) is 38.1 Å². The van der Waals surface area contributed by atoms with E-state index in [4.69, 9.17) is 4.42 Å². The number of urea groups is 1. The number of hydrogen-bond acceptors (Lipinski definition) is 4. The summed E-state index contributed by atoms with van der Waals surface area (Å²) >= 11 is 0. The predicted octanol–water partition coefficient (Wildman–Crippen LogP) is 3.07. The average Bonchev–Trinajstić information content (AvgIpc) is 3.10. The lowest BCUT2D eigenvalue weighted by atomic mass is 9.86. The Balaban J connectivity index is 1.47. The number of nitrogens with zero attached hydrogens (tertiary/aromatic N) is 3. The van der Waals surface area contributed by atoms with Gasteiger partial charge in [0.25, 0.3) is 5.91 Å². The zero-order valence-corrected chi connectivity index (χ0v) is 15.6. The van der Waals surface area contributed by atoms with Crippen LogP contribution in [0.15, 0.2) is 34.7 Å². The molecule has 6 nitrogen and oxygen atoms in total. The van der Waals surface area contributed by atoms with Crippen LogP contribution in [-0.4, -0.2) is 58.4 Å². The van der Waals surface area contributed by atoms with E-state index in [1.165, 1.54) is 4.90 Å². The van der Waals surface area contributed by atoms with Crippen LogP contribution in [0.25, 0.3) is 11.0 Å². The Bertz CT molecular complexity index is 816. The Morgan fingerprint density at radius 2 is 1.85 bits per heavy atom. The van der Waals surface area contributed by atoms with Crippen molar-refractivity contribution in [2.24, 2.45) is 0 Å². The molecule has 2 aliphatic rings. The molecule has 1 aromatic carbocycles. The Morgan fingerprint density at radius 3 is 2.46 bits per heavy atom. The van der Waals surface area contributed by atoms with Crippen molar-refractivity contribution < 1.29 is 14.0 Å². The van der Waals surface area contributed by atoms with Crippen molar-refractivity contribution >= 4 is 22.9 Å². The van der Waals surface area contributed by atoms with Crippen LogP contribution in [0.5, 0.6) is 0 Å². The number of furan rings is 1. The number of para-hydroxylation sites is 1. The number of hydrogen-bond donors (Lipinski definition) is 0. The molecule has 0 bridgehead atoms. The second-order valence-electron chi connectivity index (χ2n) is 7.67. The molecule has 1 aromatic heterocycles. The molecule has 0 aliphatic carbocycles. The van der Waals surface area contributed by atoms with Crippen molar-refractivity contribution in [3.8, 4) is 0 Å². The van der Waals surface area contributed by atoms with Gasteiger partial charge in [0.15, 0.2) is 0 Å². The van der Waals surface area contributed by atoms with E-state index < -0.39 is 5.54 Å². The Labute approximate surface area is 153 Å². The predicted molar refractivity (Wildman–Crippen MR) is 98.6 cm³/mol. The number of imide groups is 1. The summed E-state index contributed by atoms with van der Waals surface area (Å²) in [5, 5.41) is 1.11. The minimum Gasteiger partial charge on any atom is -0.460 e. The van der Waals surface area contributed by atoms with E-state index in [2.05, 4.69) is 11.0 Å².